The number of amides is 1. The summed E-state index contributed by atoms with van der Waals surface area (Å²) < 4.78 is 22.4. The van der Waals surface area contributed by atoms with Crippen molar-refractivity contribution in [3.05, 3.63) is 59.1 Å². The summed E-state index contributed by atoms with van der Waals surface area (Å²) in [7, 11) is -3.67. The molecule has 134 valence electrons. The fraction of sp³-hybridized carbons (Fsp3) is 0.235. The molecule has 4 N–H and O–H groups in total. The first-order valence-electron chi connectivity index (χ1n) is 7.72. The van der Waals surface area contributed by atoms with E-state index in [1.54, 1.807) is 24.3 Å². The molecule has 0 bridgehead atoms. The monoisotopic (exact) mass is 381 g/mol. The Labute approximate surface area is 152 Å². The third-order valence-corrected chi connectivity index (χ3v) is 4.69. The zero-order valence-electron chi connectivity index (χ0n) is 13.5. The van der Waals surface area contributed by atoms with Crippen LogP contribution >= 0.6 is 11.6 Å². The second kappa shape index (κ2) is 8.84. The Morgan fingerprint density at radius 2 is 1.64 bits per heavy atom. The topological polar surface area (TPSA) is 101 Å². The number of hydrogen-bond donors (Lipinski definition) is 3. The fourth-order valence-corrected chi connectivity index (χ4v) is 2.81. The van der Waals surface area contributed by atoms with Gasteiger partial charge in [0, 0.05) is 30.2 Å². The summed E-state index contributed by atoms with van der Waals surface area (Å²) in [5.41, 5.74) is 1.83. The highest BCUT2D eigenvalue weighted by molar-refractivity contribution is 7.89. The molecule has 0 saturated heterocycles. The number of carbonyl (C=O) groups excluding carboxylic acids is 1. The second-order valence-corrected chi connectivity index (χ2v) is 7.47. The van der Waals surface area contributed by atoms with Crippen molar-refractivity contribution in [2.24, 2.45) is 5.14 Å². The van der Waals surface area contributed by atoms with E-state index in [1.807, 2.05) is 12.1 Å². The molecule has 0 aliphatic carbocycles. The Morgan fingerprint density at radius 3 is 2.24 bits per heavy atom. The maximum atomic E-state index is 11.8. The van der Waals surface area contributed by atoms with Crippen LogP contribution in [0.1, 0.15) is 12.0 Å². The molecule has 0 aromatic heterocycles. The van der Waals surface area contributed by atoms with Gasteiger partial charge in [-0.05, 0) is 48.4 Å². The number of anilines is 1. The first kappa shape index (κ1) is 19.2. The molecule has 0 heterocycles. The molecular weight excluding hydrogens is 362 g/mol. The first-order valence-corrected chi connectivity index (χ1v) is 9.65. The van der Waals surface area contributed by atoms with E-state index in [9.17, 15) is 13.2 Å². The molecule has 1 amide bonds. The average Bonchev–Trinajstić information content (AvgIpc) is 2.56. The zero-order chi connectivity index (χ0) is 18.3. The number of rotatable bonds is 8. The molecule has 0 atom stereocenters. The van der Waals surface area contributed by atoms with E-state index in [0.717, 1.165) is 11.3 Å². The smallest absolute Gasteiger partial charge is 0.238 e. The Kier molecular flexibility index (Phi) is 6.81. The molecule has 0 saturated carbocycles. The lowest BCUT2D eigenvalue weighted by atomic mass is 10.1. The molecule has 0 fully saturated rings. The van der Waals surface area contributed by atoms with E-state index in [0.29, 0.717) is 31.0 Å². The normalized spacial score (nSPS) is 11.1. The fourth-order valence-electron chi connectivity index (χ4n) is 2.17. The average molecular weight is 382 g/mol. The molecule has 2 aromatic carbocycles. The van der Waals surface area contributed by atoms with Gasteiger partial charge in [-0.2, -0.15) is 0 Å². The van der Waals surface area contributed by atoms with Crippen molar-refractivity contribution in [2.45, 2.75) is 17.7 Å². The second-order valence-electron chi connectivity index (χ2n) is 5.47. The quantitative estimate of drug-likeness (QED) is 0.652. The number of halogens is 1. The van der Waals surface area contributed by atoms with Crippen LogP contribution in [0.5, 0.6) is 0 Å². The summed E-state index contributed by atoms with van der Waals surface area (Å²) in [4.78, 5) is 11.9. The summed E-state index contributed by atoms with van der Waals surface area (Å²) in [5.74, 6) is -0.0531. The molecule has 0 spiro atoms. The van der Waals surface area contributed by atoms with Crippen LogP contribution in [0.25, 0.3) is 0 Å². The minimum atomic E-state index is -3.67. The van der Waals surface area contributed by atoms with Crippen molar-refractivity contribution < 1.29 is 13.2 Å². The Morgan fingerprint density at radius 1 is 1.00 bits per heavy atom. The number of carbonyl (C=O) groups is 1. The van der Waals surface area contributed by atoms with Gasteiger partial charge >= 0.3 is 0 Å². The van der Waals surface area contributed by atoms with Crippen molar-refractivity contribution in [1.82, 2.24) is 5.32 Å². The van der Waals surface area contributed by atoms with Crippen molar-refractivity contribution in [3.8, 4) is 0 Å². The Hall–Kier alpha value is -2.09. The van der Waals surface area contributed by atoms with Gasteiger partial charge in [-0.3, -0.25) is 4.79 Å². The van der Waals surface area contributed by atoms with Gasteiger partial charge < -0.3 is 10.6 Å². The molecular formula is C17H20ClN3O3S. The van der Waals surface area contributed by atoms with Crippen LogP contribution in [-0.4, -0.2) is 27.4 Å². The molecule has 0 aliphatic rings. The Bertz CT molecular complexity index is 806. The van der Waals surface area contributed by atoms with Crippen LogP contribution in [0.4, 0.5) is 5.69 Å². The van der Waals surface area contributed by atoms with E-state index >= 15 is 0 Å². The molecule has 25 heavy (non-hydrogen) atoms. The lowest BCUT2D eigenvalue weighted by Gasteiger charge is -2.08. The van der Waals surface area contributed by atoms with Gasteiger partial charge in [-0.1, -0.05) is 23.7 Å². The van der Waals surface area contributed by atoms with E-state index in [-0.39, 0.29) is 10.8 Å². The van der Waals surface area contributed by atoms with Gasteiger partial charge in [0.25, 0.3) is 0 Å². The van der Waals surface area contributed by atoms with Crippen LogP contribution in [0.15, 0.2) is 53.4 Å². The van der Waals surface area contributed by atoms with Gasteiger partial charge in [-0.25, -0.2) is 13.6 Å². The number of benzene rings is 2. The van der Waals surface area contributed by atoms with E-state index < -0.39 is 10.0 Å². The number of primary sulfonamides is 1. The molecule has 2 rings (SSSR count). The van der Waals surface area contributed by atoms with Crippen LogP contribution in [0, 0.1) is 0 Å². The van der Waals surface area contributed by atoms with E-state index in [4.69, 9.17) is 16.7 Å². The predicted molar refractivity (Wildman–Crippen MR) is 99.1 cm³/mol. The third-order valence-electron chi connectivity index (χ3n) is 3.51. The van der Waals surface area contributed by atoms with Gasteiger partial charge in [0.2, 0.25) is 15.9 Å². The van der Waals surface area contributed by atoms with Gasteiger partial charge in [0.15, 0.2) is 0 Å². The highest BCUT2D eigenvalue weighted by Crippen LogP contribution is 2.13. The molecule has 6 nitrogen and oxygen atoms in total. The number of nitrogens with one attached hydrogen (secondary N) is 2. The van der Waals surface area contributed by atoms with E-state index in [1.165, 1.54) is 12.1 Å². The van der Waals surface area contributed by atoms with Gasteiger partial charge in [-0.15, -0.1) is 0 Å². The minimum absolute atomic E-state index is 0.0531. The highest BCUT2D eigenvalue weighted by Gasteiger charge is 2.07. The minimum Gasteiger partial charge on any atom is -0.385 e. The zero-order valence-corrected chi connectivity index (χ0v) is 15.1. The third kappa shape index (κ3) is 6.74. The van der Waals surface area contributed by atoms with E-state index in [2.05, 4.69) is 10.6 Å². The molecule has 2 aromatic rings. The summed E-state index contributed by atoms with van der Waals surface area (Å²) >= 11 is 5.81. The lowest BCUT2D eigenvalue weighted by molar-refractivity contribution is -0.120. The molecule has 0 unspecified atom stereocenters. The van der Waals surface area contributed by atoms with Crippen LogP contribution in [-0.2, 0) is 21.2 Å². The van der Waals surface area contributed by atoms with Crippen LogP contribution in [0.2, 0.25) is 5.02 Å². The summed E-state index contributed by atoms with van der Waals surface area (Å²) in [6.07, 6.45) is 0.967. The van der Waals surface area contributed by atoms with Crippen molar-refractivity contribution in [1.29, 1.82) is 0 Å². The lowest BCUT2D eigenvalue weighted by Crippen LogP contribution is -2.27. The maximum absolute atomic E-state index is 11.8. The van der Waals surface area contributed by atoms with Crippen LogP contribution in [0.3, 0.4) is 0 Å². The summed E-state index contributed by atoms with van der Waals surface area (Å²) in [6.45, 7) is 1.00. The summed E-state index contributed by atoms with van der Waals surface area (Å²) in [6, 6.07) is 13.6. The number of nitrogens with two attached hydrogens (primary N) is 1. The van der Waals surface area contributed by atoms with Crippen molar-refractivity contribution in [3.63, 3.8) is 0 Å². The highest BCUT2D eigenvalue weighted by atomic mass is 35.5. The molecule has 0 aliphatic heterocycles. The number of hydrogen-bond acceptors (Lipinski definition) is 4. The van der Waals surface area contributed by atoms with Crippen molar-refractivity contribution >= 4 is 33.2 Å². The van der Waals surface area contributed by atoms with Crippen LogP contribution < -0.4 is 15.8 Å². The largest absolute Gasteiger partial charge is 0.385 e. The SMILES string of the molecule is NS(=O)(=O)c1ccc(CCNC(=O)CCNc2ccc(Cl)cc2)cc1. The standard InChI is InChI=1S/C17H20ClN3O3S/c18-14-3-5-15(6-4-14)20-12-10-17(22)21-11-9-13-1-7-16(8-2-13)25(19,23)24/h1-8,20H,9-12H2,(H,21,22)(H2,19,23,24). The maximum Gasteiger partial charge on any atom is 0.238 e. The molecule has 8 heteroatoms. The summed E-state index contributed by atoms with van der Waals surface area (Å²) in [5, 5.41) is 11.7. The predicted octanol–water partition coefficient (Wildman–Crippen LogP) is 2.15. The number of sulfonamides is 1. The van der Waals surface area contributed by atoms with Gasteiger partial charge in [0.1, 0.15) is 0 Å². The first-order chi connectivity index (χ1) is 11.8. The Balaban J connectivity index is 1.67. The molecule has 0 radical (unpaired) electrons. The van der Waals surface area contributed by atoms with Gasteiger partial charge in [0.05, 0.1) is 4.90 Å². The van der Waals surface area contributed by atoms with Crippen molar-refractivity contribution in [2.75, 3.05) is 18.4 Å².